The third kappa shape index (κ3) is 4.43. The lowest BCUT2D eigenvalue weighted by molar-refractivity contribution is -0.127. The van der Waals surface area contributed by atoms with Crippen molar-refractivity contribution >= 4 is 12.0 Å². The number of nitrogens with zero attached hydrogens (tertiary/aromatic N) is 1. The fourth-order valence-corrected chi connectivity index (χ4v) is 2.76. The molecule has 1 heterocycles. The fourth-order valence-electron chi connectivity index (χ4n) is 2.76. The van der Waals surface area contributed by atoms with Crippen LogP contribution in [0.3, 0.4) is 0 Å². The quantitative estimate of drug-likeness (QED) is 0.698. The van der Waals surface area contributed by atoms with E-state index in [0.717, 1.165) is 0 Å². The summed E-state index contributed by atoms with van der Waals surface area (Å²) in [6.07, 6.45) is 0.733. The molecule has 0 radical (unpaired) electrons. The standard InChI is InChI=1S/C20H20FNO5/c1-24-18-9-13(3-5-15(18)21)11-22-12-16(23)20(25-2)14-4-6-17-19(10-14)27-8-7-26-17/h3-6,9-11,20H,7-8,12H2,1-2H3. The van der Waals surface area contributed by atoms with Crippen molar-refractivity contribution in [3.05, 3.63) is 53.3 Å². The van der Waals surface area contributed by atoms with E-state index in [1.807, 2.05) is 0 Å². The maximum absolute atomic E-state index is 13.4. The molecule has 0 saturated carbocycles. The summed E-state index contributed by atoms with van der Waals surface area (Å²) in [5, 5.41) is 0. The van der Waals surface area contributed by atoms with Gasteiger partial charge in [0, 0.05) is 13.3 Å². The van der Waals surface area contributed by atoms with Gasteiger partial charge in [0.25, 0.3) is 0 Å². The number of ether oxygens (including phenoxy) is 4. The van der Waals surface area contributed by atoms with Crippen molar-refractivity contribution in [2.45, 2.75) is 6.10 Å². The second-order valence-electron chi connectivity index (χ2n) is 5.85. The van der Waals surface area contributed by atoms with Crippen molar-refractivity contribution in [2.75, 3.05) is 34.0 Å². The van der Waals surface area contributed by atoms with E-state index in [2.05, 4.69) is 4.99 Å². The molecule has 1 atom stereocenters. The first-order valence-electron chi connectivity index (χ1n) is 8.41. The molecule has 27 heavy (non-hydrogen) atoms. The van der Waals surface area contributed by atoms with Crippen molar-refractivity contribution in [2.24, 2.45) is 4.99 Å². The fraction of sp³-hybridized carbons (Fsp3) is 0.300. The minimum absolute atomic E-state index is 0.0767. The molecule has 0 spiro atoms. The lowest BCUT2D eigenvalue weighted by atomic mass is 10.0. The van der Waals surface area contributed by atoms with Gasteiger partial charge in [-0.25, -0.2) is 4.39 Å². The SMILES string of the molecule is COc1cc(C=NCC(=O)C(OC)c2ccc3c(c2)OCCO3)ccc1F. The molecule has 2 aromatic carbocycles. The Hall–Kier alpha value is -2.93. The third-order valence-electron chi connectivity index (χ3n) is 4.06. The number of halogens is 1. The molecule has 7 heteroatoms. The molecule has 0 fully saturated rings. The first-order valence-corrected chi connectivity index (χ1v) is 8.41. The predicted molar refractivity (Wildman–Crippen MR) is 97.6 cm³/mol. The molecule has 2 aromatic rings. The van der Waals surface area contributed by atoms with Crippen LogP contribution in [-0.2, 0) is 9.53 Å². The molecule has 3 rings (SSSR count). The molecular weight excluding hydrogens is 353 g/mol. The van der Waals surface area contributed by atoms with Crippen molar-refractivity contribution < 1.29 is 28.1 Å². The van der Waals surface area contributed by atoms with Gasteiger partial charge >= 0.3 is 0 Å². The molecular formula is C20H20FNO5. The number of methoxy groups -OCH3 is 2. The van der Waals surface area contributed by atoms with Crippen molar-refractivity contribution in [3.8, 4) is 17.2 Å². The number of Topliss-reactive ketones (excluding diaryl/α,β-unsaturated/α-hetero) is 1. The maximum Gasteiger partial charge on any atom is 0.187 e. The summed E-state index contributed by atoms with van der Waals surface area (Å²) in [6, 6.07) is 9.63. The second kappa shape index (κ2) is 8.64. The predicted octanol–water partition coefficient (Wildman–Crippen LogP) is 2.98. The summed E-state index contributed by atoms with van der Waals surface area (Å²) in [5.74, 6) is 0.700. The van der Waals surface area contributed by atoms with Crippen LogP contribution < -0.4 is 14.2 Å². The second-order valence-corrected chi connectivity index (χ2v) is 5.85. The van der Waals surface area contributed by atoms with Crippen LogP contribution in [0.1, 0.15) is 17.2 Å². The Bertz CT molecular complexity index is 852. The van der Waals surface area contributed by atoms with Gasteiger partial charge in [-0.3, -0.25) is 9.79 Å². The van der Waals surface area contributed by atoms with Crippen molar-refractivity contribution in [1.82, 2.24) is 0 Å². The number of hydrogen-bond donors (Lipinski definition) is 0. The number of rotatable bonds is 7. The summed E-state index contributed by atoms with van der Waals surface area (Å²) >= 11 is 0. The molecule has 0 amide bonds. The molecule has 0 aromatic heterocycles. The smallest absolute Gasteiger partial charge is 0.187 e. The van der Waals surface area contributed by atoms with Crippen molar-refractivity contribution in [1.29, 1.82) is 0 Å². The number of aliphatic imine (C=N–C) groups is 1. The van der Waals surface area contributed by atoms with Gasteiger partial charge < -0.3 is 18.9 Å². The highest BCUT2D eigenvalue weighted by molar-refractivity contribution is 5.89. The van der Waals surface area contributed by atoms with Gasteiger partial charge in [-0.15, -0.1) is 0 Å². The number of hydrogen-bond acceptors (Lipinski definition) is 6. The van der Waals surface area contributed by atoms with Crippen LogP contribution in [0.15, 0.2) is 41.4 Å². The van der Waals surface area contributed by atoms with Crippen LogP contribution in [0.4, 0.5) is 4.39 Å². The van der Waals surface area contributed by atoms with Gasteiger partial charge in [0.2, 0.25) is 0 Å². The number of benzene rings is 2. The summed E-state index contributed by atoms with van der Waals surface area (Å²) in [7, 11) is 2.85. The minimum Gasteiger partial charge on any atom is -0.494 e. The van der Waals surface area contributed by atoms with E-state index >= 15 is 0 Å². The third-order valence-corrected chi connectivity index (χ3v) is 4.06. The Labute approximate surface area is 156 Å². The van der Waals surface area contributed by atoms with Gasteiger partial charge in [-0.05, 0) is 35.4 Å². The van der Waals surface area contributed by atoms with Crippen LogP contribution >= 0.6 is 0 Å². The molecule has 1 aliphatic heterocycles. The van der Waals surface area contributed by atoms with Gasteiger partial charge in [0.15, 0.2) is 28.8 Å². The lowest BCUT2D eigenvalue weighted by Crippen LogP contribution is -2.19. The topological polar surface area (TPSA) is 66.4 Å². The number of fused-ring (bicyclic) bond motifs is 1. The zero-order valence-electron chi connectivity index (χ0n) is 15.1. The van der Waals surface area contributed by atoms with E-state index in [9.17, 15) is 9.18 Å². The maximum atomic E-state index is 13.4. The molecule has 1 unspecified atom stereocenters. The van der Waals surface area contributed by atoms with Crippen LogP contribution in [-0.4, -0.2) is 46.0 Å². The Morgan fingerprint density at radius 3 is 2.70 bits per heavy atom. The number of carbonyl (C=O) groups is 1. The molecule has 6 nitrogen and oxygen atoms in total. The monoisotopic (exact) mass is 373 g/mol. The molecule has 0 saturated heterocycles. The van der Waals surface area contributed by atoms with Crippen LogP contribution in [0.5, 0.6) is 17.2 Å². The van der Waals surface area contributed by atoms with Crippen LogP contribution in [0.2, 0.25) is 0 Å². The number of carbonyl (C=O) groups excluding carboxylic acids is 1. The average Bonchev–Trinajstić information content (AvgIpc) is 2.69. The first kappa shape index (κ1) is 18.8. The Kier molecular flexibility index (Phi) is 6.03. The first-order chi connectivity index (χ1) is 13.1. The molecule has 1 aliphatic rings. The van der Waals surface area contributed by atoms with E-state index in [1.54, 1.807) is 24.3 Å². The van der Waals surface area contributed by atoms with Crippen LogP contribution in [0.25, 0.3) is 0 Å². The highest BCUT2D eigenvalue weighted by atomic mass is 19.1. The molecule has 0 bridgehead atoms. The van der Waals surface area contributed by atoms with E-state index in [4.69, 9.17) is 18.9 Å². The normalized spacial score (nSPS) is 14.2. The summed E-state index contributed by atoms with van der Waals surface area (Å²) in [6.45, 7) is 0.891. The van der Waals surface area contributed by atoms with E-state index < -0.39 is 11.9 Å². The van der Waals surface area contributed by atoms with E-state index in [0.29, 0.717) is 35.8 Å². The summed E-state index contributed by atoms with van der Waals surface area (Å²) in [4.78, 5) is 16.7. The average molecular weight is 373 g/mol. The zero-order valence-corrected chi connectivity index (χ0v) is 15.1. The summed E-state index contributed by atoms with van der Waals surface area (Å²) < 4.78 is 34.7. The lowest BCUT2D eigenvalue weighted by Gasteiger charge is -2.20. The molecule has 142 valence electrons. The highest BCUT2D eigenvalue weighted by Crippen LogP contribution is 2.33. The van der Waals surface area contributed by atoms with E-state index in [-0.39, 0.29) is 18.1 Å². The van der Waals surface area contributed by atoms with Gasteiger partial charge in [0.1, 0.15) is 25.9 Å². The van der Waals surface area contributed by atoms with Crippen LogP contribution in [0, 0.1) is 5.82 Å². The minimum atomic E-state index is -0.763. The Balaban J connectivity index is 1.68. The largest absolute Gasteiger partial charge is 0.494 e. The molecule has 0 aliphatic carbocycles. The number of ketones is 1. The Morgan fingerprint density at radius 1 is 1.19 bits per heavy atom. The van der Waals surface area contributed by atoms with Crippen molar-refractivity contribution in [3.63, 3.8) is 0 Å². The van der Waals surface area contributed by atoms with Gasteiger partial charge in [-0.1, -0.05) is 12.1 Å². The Morgan fingerprint density at radius 2 is 1.96 bits per heavy atom. The summed E-state index contributed by atoms with van der Waals surface area (Å²) in [5.41, 5.74) is 1.31. The van der Waals surface area contributed by atoms with Gasteiger partial charge in [-0.2, -0.15) is 0 Å². The van der Waals surface area contributed by atoms with Gasteiger partial charge in [0.05, 0.1) is 7.11 Å². The zero-order chi connectivity index (χ0) is 19.2. The van der Waals surface area contributed by atoms with E-state index in [1.165, 1.54) is 32.6 Å². The molecule has 0 N–H and O–H groups in total. The highest BCUT2D eigenvalue weighted by Gasteiger charge is 2.22.